The second kappa shape index (κ2) is 8.02. The summed E-state index contributed by atoms with van der Waals surface area (Å²) in [5, 5.41) is 0.448. The summed E-state index contributed by atoms with van der Waals surface area (Å²) in [6.45, 7) is 2.02. The first kappa shape index (κ1) is 18.8. The maximum atomic E-state index is 12.5. The lowest BCUT2D eigenvalue weighted by molar-refractivity contribution is -0.144. The summed E-state index contributed by atoms with van der Waals surface area (Å²) in [5.41, 5.74) is 6.63. The summed E-state index contributed by atoms with van der Waals surface area (Å²) in [5.74, 6) is -3.05. The van der Waals surface area contributed by atoms with Crippen molar-refractivity contribution in [1.82, 2.24) is 0 Å². The number of hydrogen-bond acceptors (Lipinski definition) is 7. The first-order valence-electron chi connectivity index (χ1n) is 7.57. The van der Waals surface area contributed by atoms with E-state index < -0.39 is 23.8 Å². The molecule has 0 aromatic heterocycles. The lowest BCUT2D eigenvalue weighted by Crippen LogP contribution is -2.39. The topological polar surface area (TPSA) is 100 Å². The van der Waals surface area contributed by atoms with Gasteiger partial charge in [-0.25, -0.2) is 4.79 Å². The van der Waals surface area contributed by atoms with Gasteiger partial charge in [0.2, 0.25) is 5.90 Å². The molecule has 1 heterocycles. The average Bonchev–Trinajstić information content (AvgIpc) is 2.60. The summed E-state index contributed by atoms with van der Waals surface area (Å²) in [6.07, 6.45) is 0. The van der Waals surface area contributed by atoms with Gasteiger partial charge < -0.3 is 19.9 Å². The minimum Gasteiger partial charge on any atom is -0.480 e. The Hall–Kier alpha value is -2.54. The second-order valence-electron chi connectivity index (χ2n) is 5.21. The molecule has 2 unspecified atom stereocenters. The van der Waals surface area contributed by atoms with Crippen LogP contribution in [0.1, 0.15) is 18.4 Å². The number of aliphatic imine (C=N–C) groups is 1. The Morgan fingerprint density at radius 2 is 2.00 bits per heavy atom. The highest BCUT2D eigenvalue weighted by molar-refractivity contribution is 6.30. The van der Waals surface area contributed by atoms with E-state index in [0.717, 1.165) is 0 Å². The number of methoxy groups -OCH3 is 2. The number of halogens is 1. The Morgan fingerprint density at radius 1 is 1.28 bits per heavy atom. The number of carbonyl (C=O) groups is 2. The Kier molecular flexibility index (Phi) is 6.03. The van der Waals surface area contributed by atoms with Gasteiger partial charge >= 0.3 is 11.9 Å². The van der Waals surface area contributed by atoms with Crippen LogP contribution in [0.25, 0.3) is 0 Å². The van der Waals surface area contributed by atoms with E-state index in [1.807, 2.05) is 0 Å². The fourth-order valence-corrected chi connectivity index (χ4v) is 2.95. The van der Waals surface area contributed by atoms with Crippen molar-refractivity contribution >= 4 is 29.4 Å². The molecule has 0 spiro atoms. The average molecular weight is 367 g/mol. The molecule has 1 aliphatic heterocycles. The molecule has 1 aromatic carbocycles. The number of carbonyl (C=O) groups excluding carboxylic acids is 2. The van der Waals surface area contributed by atoms with E-state index >= 15 is 0 Å². The molecular weight excluding hydrogens is 348 g/mol. The van der Waals surface area contributed by atoms with Gasteiger partial charge in [0.1, 0.15) is 11.7 Å². The van der Waals surface area contributed by atoms with Crippen molar-refractivity contribution < 1.29 is 23.8 Å². The molecule has 1 aromatic rings. The van der Waals surface area contributed by atoms with Crippen LogP contribution in [0.4, 0.5) is 0 Å². The molecule has 0 saturated heterocycles. The van der Waals surface area contributed by atoms with E-state index in [1.165, 1.54) is 14.2 Å². The van der Waals surface area contributed by atoms with Crippen molar-refractivity contribution in [2.45, 2.75) is 12.8 Å². The fourth-order valence-electron chi connectivity index (χ4n) is 2.75. The zero-order valence-electron chi connectivity index (χ0n) is 14.1. The van der Waals surface area contributed by atoms with Crippen LogP contribution in [-0.4, -0.2) is 38.7 Å². The van der Waals surface area contributed by atoms with E-state index in [9.17, 15) is 9.59 Å². The Bertz CT molecular complexity index is 744. The lowest BCUT2D eigenvalue weighted by Gasteiger charge is -2.31. The van der Waals surface area contributed by atoms with Crippen molar-refractivity contribution in [2.24, 2.45) is 16.6 Å². The molecule has 0 bridgehead atoms. The van der Waals surface area contributed by atoms with Gasteiger partial charge in [-0.1, -0.05) is 23.7 Å². The number of nitrogens with two attached hydrogens (primary N) is 1. The van der Waals surface area contributed by atoms with E-state index in [-0.39, 0.29) is 23.9 Å². The van der Waals surface area contributed by atoms with Crippen LogP contribution in [0.2, 0.25) is 5.02 Å². The number of benzene rings is 1. The Morgan fingerprint density at radius 3 is 2.56 bits per heavy atom. The van der Waals surface area contributed by atoms with Crippen LogP contribution in [0.5, 0.6) is 0 Å². The summed E-state index contributed by atoms with van der Waals surface area (Å²) < 4.78 is 15.2. The standard InChI is InChI=1S/C17H19ClN2O5/c1-4-25-15-13(17(22)24-3)11(9-6-5-7-10(18)8-9)12(14(19)20-15)16(21)23-2/h5-8,11,13H,4,19H2,1-3H3. The van der Waals surface area contributed by atoms with Gasteiger partial charge in [-0.15, -0.1) is 0 Å². The highest BCUT2D eigenvalue weighted by Crippen LogP contribution is 2.39. The van der Waals surface area contributed by atoms with Crippen LogP contribution < -0.4 is 5.73 Å². The Labute approximate surface area is 150 Å². The molecule has 0 fully saturated rings. The minimum absolute atomic E-state index is 0.0589. The Balaban J connectivity index is 2.70. The van der Waals surface area contributed by atoms with Gasteiger partial charge in [0.15, 0.2) is 0 Å². The summed E-state index contributed by atoms with van der Waals surface area (Å²) in [4.78, 5) is 28.9. The molecule has 134 valence electrons. The van der Waals surface area contributed by atoms with Gasteiger partial charge in [0, 0.05) is 10.9 Å². The van der Waals surface area contributed by atoms with Gasteiger partial charge in [0.25, 0.3) is 0 Å². The van der Waals surface area contributed by atoms with E-state index in [4.69, 9.17) is 31.5 Å². The quantitative estimate of drug-likeness (QED) is 0.818. The number of ether oxygens (including phenoxy) is 3. The molecule has 8 heteroatoms. The monoisotopic (exact) mass is 366 g/mol. The normalized spacial score (nSPS) is 19.9. The van der Waals surface area contributed by atoms with Crippen LogP contribution in [0, 0.1) is 5.92 Å². The molecule has 2 atom stereocenters. The van der Waals surface area contributed by atoms with Gasteiger partial charge in [-0.05, 0) is 24.6 Å². The van der Waals surface area contributed by atoms with Gasteiger partial charge in [0.05, 0.1) is 26.4 Å². The highest BCUT2D eigenvalue weighted by Gasteiger charge is 2.45. The third kappa shape index (κ3) is 3.76. The zero-order valence-corrected chi connectivity index (χ0v) is 14.9. The predicted octanol–water partition coefficient (Wildman–Crippen LogP) is 2.00. The van der Waals surface area contributed by atoms with Crippen molar-refractivity contribution in [1.29, 1.82) is 0 Å². The molecule has 0 radical (unpaired) electrons. The van der Waals surface area contributed by atoms with Crippen LogP contribution in [-0.2, 0) is 23.8 Å². The zero-order chi connectivity index (χ0) is 18.6. The third-order valence-electron chi connectivity index (χ3n) is 3.78. The van der Waals surface area contributed by atoms with Crippen LogP contribution in [0.3, 0.4) is 0 Å². The predicted molar refractivity (Wildman–Crippen MR) is 92.0 cm³/mol. The number of rotatable bonds is 4. The van der Waals surface area contributed by atoms with E-state index in [2.05, 4.69) is 4.99 Å². The molecule has 7 nitrogen and oxygen atoms in total. The maximum Gasteiger partial charge on any atom is 0.338 e. The molecular formula is C17H19ClN2O5. The van der Waals surface area contributed by atoms with Crippen LogP contribution >= 0.6 is 11.6 Å². The first-order valence-corrected chi connectivity index (χ1v) is 7.95. The fraction of sp³-hybridized carbons (Fsp3) is 0.353. The largest absolute Gasteiger partial charge is 0.480 e. The smallest absolute Gasteiger partial charge is 0.338 e. The maximum absolute atomic E-state index is 12.5. The molecule has 0 saturated carbocycles. The summed E-state index contributed by atoms with van der Waals surface area (Å²) >= 11 is 6.08. The van der Waals surface area contributed by atoms with E-state index in [1.54, 1.807) is 31.2 Å². The third-order valence-corrected chi connectivity index (χ3v) is 4.01. The van der Waals surface area contributed by atoms with Crippen molar-refractivity contribution in [3.63, 3.8) is 0 Å². The van der Waals surface area contributed by atoms with E-state index in [0.29, 0.717) is 10.6 Å². The number of esters is 2. The van der Waals surface area contributed by atoms with Crippen LogP contribution in [0.15, 0.2) is 40.7 Å². The molecule has 0 aliphatic carbocycles. The molecule has 25 heavy (non-hydrogen) atoms. The number of nitrogens with zero attached hydrogens (tertiary/aromatic N) is 1. The SMILES string of the molecule is CCOC1=NC(N)=C(C(=O)OC)C(c2cccc(Cl)c2)C1C(=O)OC. The minimum atomic E-state index is -0.982. The second-order valence-corrected chi connectivity index (χ2v) is 5.64. The van der Waals surface area contributed by atoms with Gasteiger partial charge in [-0.2, -0.15) is 4.99 Å². The molecule has 1 aliphatic rings. The molecule has 2 rings (SSSR count). The first-order chi connectivity index (χ1) is 11.9. The molecule has 0 amide bonds. The lowest BCUT2D eigenvalue weighted by atomic mass is 9.78. The molecule has 2 N–H and O–H groups in total. The van der Waals surface area contributed by atoms with Crippen molar-refractivity contribution in [3.8, 4) is 0 Å². The van der Waals surface area contributed by atoms with Crippen molar-refractivity contribution in [2.75, 3.05) is 20.8 Å². The van der Waals surface area contributed by atoms with Crippen molar-refractivity contribution in [3.05, 3.63) is 46.2 Å². The summed E-state index contributed by atoms with van der Waals surface area (Å²) in [6, 6.07) is 6.78. The number of hydrogen-bond donors (Lipinski definition) is 1. The van der Waals surface area contributed by atoms with Gasteiger partial charge in [-0.3, -0.25) is 4.79 Å². The highest BCUT2D eigenvalue weighted by atomic mass is 35.5. The summed E-state index contributed by atoms with van der Waals surface area (Å²) in [7, 11) is 2.48.